The minimum Gasteiger partial charge on any atom is -0.490 e. The Kier molecular flexibility index (Phi) is 4.74. The van der Waals surface area contributed by atoms with E-state index in [1.54, 1.807) is 0 Å². The fourth-order valence-corrected chi connectivity index (χ4v) is 3.06. The molecule has 0 bridgehead atoms. The van der Waals surface area contributed by atoms with E-state index < -0.39 is 0 Å². The van der Waals surface area contributed by atoms with Gasteiger partial charge in [0, 0.05) is 22.5 Å². The predicted molar refractivity (Wildman–Crippen MR) is 81.2 cm³/mol. The van der Waals surface area contributed by atoms with E-state index in [4.69, 9.17) is 15.2 Å². The third kappa shape index (κ3) is 3.23. The molecule has 106 valence electrons. The lowest BCUT2D eigenvalue weighted by Gasteiger charge is -2.22. The zero-order valence-corrected chi connectivity index (χ0v) is 13.4. The first kappa shape index (κ1) is 14.7. The standard InChI is InChI=1S/C15H22BrNO2/c1-9(2)14-11(7-10(3)17)12(16)8-13-15(14)19-6-4-5-18-13/h8-10H,4-7,17H2,1-3H3. The Morgan fingerprint density at radius 3 is 2.58 bits per heavy atom. The van der Waals surface area contributed by atoms with Crippen molar-refractivity contribution in [2.45, 2.75) is 45.6 Å². The van der Waals surface area contributed by atoms with E-state index in [0.717, 1.165) is 28.8 Å². The average Bonchev–Trinajstić information content (AvgIpc) is 2.53. The van der Waals surface area contributed by atoms with Crippen LogP contribution in [0.5, 0.6) is 11.5 Å². The van der Waals surface area contributed by atoms with Gasteiger partial charge in [-0.2, -0.15) is 0 Å². The highest BCUT2D eigenvalue weighted by molar-refractivity contribution is 9.10. The highest BCUT2D eigenvalue weighted by Gasteiger charge is 2.23. The summed E-state index contributed by atoms with van der Waals surface area (Å²) in [4.78, 5) is 0. The number of rotatable bonds is 3. The maximum Gasteiger partial charge on any atom is 0.164 e. The summed E-state index contributed by atoms with van der Waals surface area (Å²) in [7, 11) is 0. The van der Waals surface area contributed by atoms with Gasteiger partial charge in [0.1, 0.15) is 0 Å². The number of hydrogen-bond acceptors (Lipinski definition) is 3. The van der Waals surface area contributed by atoms with Crippen LogP contribution in [-0.2, 0) is 6.42 Å². The number of halogens is 1. The van der Waals surface area contributed by atoms with E-state index >= 15 is 0 Å². The van der Waals surface area contributed by atoms with Crippen LogP contribution in [0.15, 0.2) is 10.5 Å². The Bertz CT molecular complexity index is 458. The fourth-order valence-electron chi connectivity index (χ4n) is 2.48. The molecule has 1 aliphatic rings. The minimum atomic E-state index is 0.124. The van der Waals surface area contributed by atoms with Crippen LogP contribution < -0.4 is 15.2 Å². The highest BCUT2D eigenvalue weighted by atomic mass is 79.9. The maximum absolute atomic E-state index is 5.98. The summed E-state index contributed by atoms with van der Waals surface area (Å²) in [5, 5.41) is 0. The van der Waals surface area contributed by atoms with Crippen molar-refractivity contribution in [1.82, 2.24) is 0 Å². The molecule has 0 saturated carbocycles. The number of ether oxygens (including phenoxy) is 2. The van der Waals surface area contributed by atoms with Gasteiger partial charge in [-0.1, -0.05) is 29.8 Å². The second-order valence-electron chi connectivity index (χ2n) is 5.46. The second-order valence-corrected chi connectivity index (χ2v) is 6.32. The van der Waals surface area contributed by atoms with E-state index in [1.807, 2.05) is 13.0 Å². The van der Waals surface area contributed by atoms with E-state index in [9.17, 15) is 0 Å². The molecule has 3 nitrogen and oxygen atoms in total. The third-order valence-corrected chi connectivity index (χ3v) is 3.94. The molecular formula is C15H22BrNO2. The molecule has 1 aromatic rings. The quantitative estimate of drug-likeness (QED) is 0.922. The van der Waals surface area contributed by atoms with Gasteiger partial charge in [-0.25, -0.2) is 0 Å². The van der Waals surface area contributed by atoms with Crippen molar-refractivity contribution < 1.29 is 9.47 Å². The number of hydrogen-bond donors (Lipinski definition) is 1. The van der Waals surface area contributed by atoms with Crippen LogP contribution in [0.1, 0.15) is 44.2 Å². The molecule has 0 saturated heterocycles. The maximum atomic E-state index is 5.98. The SMILES string of the molecule is CC(N)Cc1c(Br)cc2c(c1C(C)C)OCCCO2. The Labute approximate surface area is 123 Å². The molecule has 2 N–H and O–H groups in total. The van der Waals surface area contributed by atoms with Crippen molar-refractivity contribution in [2.24, 2.45) is 5.73 Å². The lowest BCUT2D eigenvalue weighted by Crippen LogP contribution is -2.19. The lowest BCUT2D eigenvalue weighted by molar-refractivity contribution is 0.295. The summed E-state index contributed by atoms with van der Waals surface area (Å²) in [6.07, 6.45) is 1.76. The molecule has 1 atom stereocenters. The molecule has 1 heterocycles. The monoisotopic (exact) mass is 327 g/mol. The van der Waals surface area contributed by atoms with E-state index in [1.165, 1.54) is 11.1 Å². The van der Waals surface area contributed by atoms with Gasteiger partial charge in [0.2, 0.25) is 0 Å². The summed E-state index contributed by atoms with van der Waals surface area (Å²) in [5.74, 6) is 2.13. The topological polar surface area (TPSA) is 44.5 Å². The van der Waals surface area contributed by atoms with Gasteiger partial charge in [-0.15, -0.1) is 0 Å². The molecule has 0 aromatic heterocycles. The highest BCUT2D eigenvalue weighted by Crippen LogP contribution is 2.43. The first-order valence-corrected chi connectivity index (χ1v) is 7.66. The average molecular weight is 328 g/mol. The summed E-state index contributed by atoms with van der Waals surface area (Å²) >= 11 is 3.66. The molecule has 0 aliphatic carbocycles. The normalized spacial score (nSPS) is 16.3. The molecule has 1 aliphatic heterocycles. The van der Waals surface area contributed by atoms with Gasteiger partial charge in [-0.05, 0) is 30.9 Å². The molecule has 0 radical (unpaired) electrons. The Morgan fingerprint density at radius 1 is 1.26 bits per heavy atom. The van der Waals surface area contributed by atoms with Crippen LogP contribution in [0, 0.1) is 0 Å². The second kappa shape index (κ2) is 6.14. The first-order valence-electron chi connectivity index (χ1n) is 6.87. The Morgan fingerprint density at radius 2 is 1.95 bits per heavy atom. The van der Waals surface area contributed by atoms with Gasteiger partial charge in [0.15, 0.2) is 11.5 Å². The minimum absolute atomic E-state index is 0.124. The number of fused-ring (bicyclic) bond motifs is 1. The van der Waals surface area contributed by atoms with Gasteiger partial charge >= 0.3 is 0 Å². The number of nitrogens with two attached hydrogens (primary N) is 1. The van der Waals surface area contributed by atoms with Crippen LogP contribution in [0.4, 0.5) is 0 Å². The van der Waals surface area contributed by atoms with Gasteiger partial charge in [0.25, 0.3) is 0 Å². The molecule has 0 fully saturated rings. The van der Waals surface area contributed by atoms with Crippen molar-refractivity contribution in [3.05, 3.63) is 21.7 Å². The van der Waals surface area contributed by atoms with Crippen molar-refractivity contribution >= 4 is 15.9 Å². The van der Waals surface area contributed by atoms with Crippen LogP contribution in [0.2, 0.25) is 0 Å². The van der Waals surface area contributed by atoms with Crippen LogP contribution in [-0.4, -0.2) is 19.3 Å². The zero-order valence-electron chi connectivity index (χ0n) is 11.8. The van der Waals surface area contributed by atoms with Crippen molar-refractivity contribution in [1.29, 1.82) is 0 Å². The summed E-state index contributed by atoms with van der Waals surface area (Å²) in [6, 6.07) is 2.14. The molecule has 0 amide bonds. The van der Waals surface area contributed by atoms with Crippen LogP contribution >= 0.6 is 15.9 Å². The van der Waals surface area contributed by atoms with Gasteiger partial charge in [-0.3, -0.25) is 0 Å². The summed E-state index contributed by atoms with van der Waals surface area (Å²) in [6.45, 7) is 7.82. The molecule has 0 spiro atoms. The van der Waals surface area contributed by atoms with Crippen molar-refractivity contribution in [3.8, 4) is 11.5 Å². The van der Waals surface area contributed by atoms with Gasteiger partial charge < -0.3 is 15.2 Å². The van der Waals surface area contributed by atoms with E-state index in [-0.39, 0.29) is 6.04 Å². The first-order chi connectivity index (χ1) is 9.00. The zero-order chi connectivity index (χ0) is 14.0. The smallest absolute Gasteiger partial charge is 0.164 e. The molecule has 1 unspecified atom stereocenters. The molecule has 19 heavy (non-hydrogen) atoms. The van der Waals surface area contributed by atoms with E-state index in [2.05, 4.69) is 29.8 Å². The van der Waals surface area contributed by atoms with E-state index in [0.29, 0.717) is 19.1 Å². The van der Waals surface area contributed by atoms with Crippen LogP contribution in [0.25, 0.3) is 0 Å². The molecule has 4 heteroatoms. The fraction of sp³-hybridized carbons (Fsp3) is 0.600. The van der Waals surface area contributed by atoms with Crippen molar-refractivity contribution in [3.63, 3.8) is 0 Å². The predicted octanol–water partition coefficient (Wildman–Crippen LogP) is 3.62. The molecule has 2 rings (SSSR count). The molecule has 1 aromatic carbocycles. The van der Waals surface area contributed by atoms with Crippen LogP contribution in [0.3, 0.4) is 0 Å². The molecular weight excluding hydrogens is 306 g/mol. The third-order valence-electron chi connectivity index (χ3n) is 3.24. The largest absolute Gasteiger partial charge is 0.490 e. The van der Waals surface area contributed by atoms with Crippen molar-refractivity contribution in [2.75, 3.05) is 13.2 Å². The lowest BCUT2D eigenvalue weighted by atomic mass is 9.92. The summed E-state index contributed by atoms with van der Waals surface area (Å²) < 4.78 is 12.8. The Hall–Kier alpha value is -0.740. The van der Waals surface area contributed by atoms with Gasteiger partial charge in [0.05, 0.1) is 13.2 Å². The number of benzene rings is 1. The Balaban J connectivity index is 2.57. The summed E-state index contributed by atoms with van der Waals surface area (Å²) in [5.41, 5.74) is 8.45.